The highest BCUT2D eigenvalue weighted by atomic mass is 16.5. The van der Waals surface area contributed by atoms with Crippen LogP contribution in [0.4, 0.5) is 0 Å². The lowest BCUT2D eigenvalue weighted by Crippen LogP contribution is -2.47. The van der Waals surface area contributed by atoms with Gasteiger partial charge in [-0.3, -0.25) is 0 Å². The van der Waals surface area contributed by atoms with Gasteiger partial charge in [0, 0.05) is 6.42 Å². The summed E-state index contributed by atoms with van der Waals surface area (Å²) >= 11 is 0. The fourth-order valence-electron chi connectivity index (χ4n) is 4.59. The fraction of sp³-hybridized carbons (Fsp3) is 0.667. The Hall–Kier alpha value is -1.02. The predicted octanol–water partition coefficient (Wildman–Crippen LogP) is 4.21. The van der Waals surface area contributed by atoms with Crippen molar-refractivity contribution in [2.24, 2.45) is 10.8 Å². The summed E-state index contributed by atoms with van der Waals surface area (Å²) in [5.74, 6) is 0.877. The van der Waals surface area contributed by atoms with Gasteiger partial charge in [-0.05, 0) is 41.7 Å². The van der Waals surface area contributed by atoms with Gasteiger partial charge in [0.15, 0.2) is 0 Å². The van der Waals surface area contributed by atoms with Gasteiger partial charge in [-0.1, -0.05) is 45.9 Å². The average Bonchev–Trinajstić information content (AvgIpc) is 2.23. The van der Waals surface area contributed by atoms with Crippen LogP contribution in [-0.4, -0.2) is 17.8 Å². The van der Waals surface area contributed by atoms with E-state index in [1.165, 1.54) is 0 Å². The summed E-state index contributed by atoms with van der Waals surface area (Å²) in [7, 11) is 1.69. The number of hydrogen-bond donors (Lipinski definition) is 1. The van der Waals surface area contributed by atoms with Crippen molar-refractivity contribution in [3.63, 3.8) is 0 Å². The van der Waals surface area contributed by atoms with Gasteiger partial charge in [-0.15, -0.1) is 0 Å². The monoisotopic (exact) mass is 276 g/mol. The van der Waals surface area contributed by atoms with E-state index in [9.17, 15) is 5.11 Å². The van der Waals surface area contributed by atoms with Crippen molar-refractivity contribution in [2.75, 3.05) is 7.11 Å². The lowest BCUT2D eigenvalue weighted by molar-refractivity contribution is -0.0853. The molecule has 0 amide bonds. The first-order valence-electron chi connectivity index (χ1n) is 7.49. The third kappa shape index (κ3) is 3.54. The molecule has 0 heterocycles. The van der Waals surface area contributed by atoms with Crippen LogP contribution >= 0.6 is 0 Å². The third-order valence-corrected chi connectivity index (χ3v) is 4.28. The molecule has 2 nitrogen and oxygen atoms in total. The zero-order valence-corrected chi connectivity index (χ0v) is 13.5. The van der Waals surface area contributed by atoms with E-state index in [1.54, 1.807) is 7.11 Å². The first-order chi connectivity index (χ1) is 9.15. The molecule has 20 heavy (non-hydrogen) atoms. The predicted molar refractivity (Wildman–Crippen MR) is 83.1 cm³/mol. The molecule has 2 heteroatoms. The summed E-state index contributed by atoms with van der Waals surface area (Å²) < 4.78 is 5.42. The number of rotatable bonds is 3. The molecule has 1 aromatic rings. The largest absolute Gasteiger partial charge is 0.496 e. The normalized spacial score (nSPS) is 23.3. The van der Waals surface area contributed by atoms with E-state index in [0.717, 1.165) is 30.6 Å². The molecule has 0 radical (unpaired) electrons. The van der Waals surface area contributed by atoms with E-state index < -0.39 is 5.60 Å². The molecule has 1 aliphatic rings. The zero-order valence-electron chi connectivity index (χ0n) is 13.5. The summed E-state index contributed by atoms with van der Waals surface area (Å²) in [6.45, 7) is 9.06. The summed E-state index contributed by atoms with van der Waals surface area (Å²) in [4.78, 5) is 0. The second kappa shape index (κ2) is 5.07. The standard InChI is InChI=1S/C18H28O2/c1-16(2)11-17(3,4)13-18(19,12-16)10-14-8-6-7-9-15(14)20-5/h6-9,19H,10-13H2,1-5H3. The smallest absolute Gasteiger partial charge is 0.122 e. The minimum absolute atomic E-state index is 0.179. The first-order valence-corrected chi connectivity index (χ1v) is 7.49. The molecule has 1 saturated carbocycles. The van der Waals surface area contributed by atoms with Gasteiger partial charge < -0.3 is 9.84 Å². The van der Waals surface area contributed by atoms with E-state index in [0.29, 0.717) is 6.42 Å². The van der Waals surface area contributed by atoms with Crippen LogP contribution in [0, 0.1) is 10.8 Å². The summed E-state index contributed by atoms with van der Waals surface area (Å²) in [6, 6.07) is 8.02. The van der Waals surface area contributed by atoms with Gasteiger partial charge in [0.25, 0.3) is 0 Å². The highest BCUT2D eigenvalue weighted by molar-refractivity contribution is 5.34. The number of para-hydroxylation sites is 1. The molecule has 1 fully saturated rings. The molecular weight excluding hydrogens is 248 g/mol. The van der Waals surface area contributed by atoms with Crippen molar-refractivity contribution in [3.8, 4) is 5.75 Å². The van der Waals surface area contributed by atoms with Crippen LogP contribution in [0.3, 0.4) is 0 Å². The van der Waals surface area contributed by atoms with Crippen LogP contribution in [-0.2, 0) is 6.42 Å². The molecule has 112 valence electrons. The SMILES string of the molecule is COc1ccccc1CC1(O)CC(C)(C)CC(C)(C)C1. The zero-order chi connectivity index (χ0) is 15.0. The number of hydrogen-bond acceptors (Lipinski definition) is 2. The van der Waals surface area contributed by atoms with Crippen molar-refractivity contribution in [2.45, 2.75) is 59.0 Å². The Bertz CT molecular complexity index is 458. The number of aliphatic hydroxyl groups is 1. The Balaban J connectivity index is 2.26. The summed E-state index contributed by atoms with van der Waals surface area (Å²) in [5.41, 5.74) is 0.822. The molecule has 0 spiro atoms. The van der Waals surface area contributed by atoms with E-state index in [2.05, 4.69) is 33.8 Å². The van der Waals surface area contributed by atoms with Gasteiger partial charge in [0.1, 0.15) is 5.75 Å². The molecular formula is C18H28O2. The second-order valence-corrected chi connectivity index (χ2v) is 8.07. The number of ether oxygens (including phenoxy) is 1. The van der Waals surface area contributed by atoms with Crippen LogP contribution in [0.1, 0.15) is 52.5 Å². The van der Waals surface area contributed by atoms with Gasteiger partial charge in [0.2, 0.25) is 0 Å². The van der Waals surface area contributed by atoms with Gasteiger partial charge in [-0.2, -0.15) is 0 Å². The highest BCUT2D eigenvalue weighted by Crippen LogP contribution is 2.51. The topological polar surface area (TPSA) is 29.5 Å². The first kappa shape index (κ1) is 15.4. The fourth-order valence-corrected chi connectivity index (χ4v) is 4.59. The van der Waals surface area contributed by atoms with Crippen LogP contribution in [0.25, 0.3) is 0 Å². The lowest BCUT2D eigenvalue weighted by Gasteiger charge is -2.49. The van der Waals surface area contributed by atoms with E-state index in [4.69, 9.17) is 4.74 Å². The summed E-state index contributed by atoms with van der Waals surface area (Å²) in [6.07, 6.45) is 3.53. The minimum atomic E-state index is -0.639. The molecule has 0 aliphatic heterocycles. The maximum absolute atomic E-state index is 11.2. The van der Waals surface area contributed by atoms with Gasteiger partial charge in [0.05, 0.1) is 12.7 Å². The van der Waals surface area contributed by atoms with E-state index in [-0.39, 0.29) is 10.8 Å². The molecule has 0 unspecified atom stereocenters. The average molecular weight is 276 g/mol. The van der Waals surface area contributed by atoms with Crippen molar-refractivity contribution >= 4 is 0 Å². The molecule has 0 atom stereocenters. The van der Waals surface area contributed by atoms with Gasteiger partial charge in [-0.25, -0.2) is 0 Å². The Morgan fingerprint density at radius 2 is 1.55 bits per heavy atom. The van der Waals surface area contributed by atoms with Crippen molar-refractivity contribution in [1.29, 1.82) is 0 Å². The Morgan fingerprint density at radius 3 is 2.10 bits per heavy atom. The molecule has 1 aliphatic carbocycles. The van der Waals surface area contributed by atoms with E-state index in [1.807, 2.05) is 18.2 Å². The molecule has 1 aromatic carbocycles. The lowest BCUT2D eigenvalue weighted by atomic mass is 9.58. The molecule has 0 saturated heterocycles. The highest BCUT2D eigenvalue weighted by Gasteiger charge is 2.46. The molecule has 1 N–H and O–H groups in total. The van der Waals surface area contributed by atoms with Crippen LogP contribution in [0.2, 0.25) is 0 Å². The summed E-state index contributed by atoms with van der Waals surface area (Å²) in [5, 5.41) is 11.2. The second-order valence-electron chi connectivity index (χ2n) is 8.07. The van der Waals surface area contributed by atoms with Gasteiger partial charge >= 0.3 is 0 Å². The molecule has 0 bridgehead atoms. The van der Waals surface area contributed by atoms with E-state index >= 15 is 0 Å². The number of methoxy groups -OCH3 is 1. The third-order valence-electron chi connectivity index (χ3n) is 4.28. The van der Waals surface area contributed by atoms with Crippen LogP contribution < -0.4 is 4.74 Å². The Kier molecular flexibility index (Phi) is 3.90. The van der Waals surface area contributed by atoms with Crippen LogP contribution in [0.15, 0.2) is 24.3 Å². The maximum Gasteiger partial charge on any atom is 0.122 e. The quantitative estimate of drug-likeness (QED) is 0.896. The van der Waals surface area contributed by atoms with Crippen LogP contribution in [0.5, 0.6) is 5.75 Å². The van der Waals surface area contributed by atoms with Crippen molar-refractivity contribution in [1.82, 2.24) is 0 Å². The van der Waals surface area contributed by atoms with Crippen molar-refractivity contribution < 1.29 is 9.84 Å². The van der Waals surface area contributed by atoms with Crippen molar-refractivity contribution in [3.05, 3.63) is 29.8 Å². The minimum Gasteiger partial charge on any atom is -0.496 e. The molecule has 0 aromatic heterocycles. The Labute approximate surface area is 123 Å². The Morgan fingerprint density at radius 1 is 1.00 bits per heavy atom. The molecule has 2 rings (SSSR count). The maximum atomic E-state index is 11.2. The number of benzene rings is 1.